The minimum absolute atomic E-state index is 0.179. The Morgan fingerprint density at radius 3 is 2.50 bits per heavy atom. The summed E-state index contributed by atoms with van der Waals surface area (Å²) in [7, 11) is 1.58. The van der Waals surface area contributed by atoms with Crippen LogP contribution in [0, 0.1) is 5.92 Å². The largest absolute Gasteiger partial charge is 0.357 e. The van der Waals surface area contributed by atoms with E-state index in [4.69, 9.17) is 0 Å². The van der Waals surface area contributed by atoms with Crippen molar-refractivity contribution in [2.45, 2.75) is 46.2 Å². The molecule has 6 nitrogen and oxygen atoms in total. The lowest BCUT2D eigenvalue weighted by Crippen LogP contribution is -2.46. The lowest BCUT2D eigenvalue weighted by atomic mass is 10.0. The molecule has 0 aliphatic rings. The van der Waals surface area contributed by atoms with Crippen molar-refractivity contribution in [1.82, 2.24) is 20.2 Å². The highest BCUT2D eigenvalue weighted by molar-refractivity contribution is 5.99. The zero-order valence-electron chi connectivity index (χ0n) is 15.0. The van der Waals surface area contributed by atoms with Gasteiger partial charge in [0.2, 0.25) is 5.91 Å². The molecule has 2 aromatic rings. The number of hydrogen-bond acceptors (Lipinski definition) is 3. The fourth-order valence-corrected chi connectivity index (χ4v) is 2.70. The van der Waals surface area contributed by atoms with Crippen LogP contribution in [-0.4, -0.2) is 34.5 Å². The number of fused-ring (bicyclic) bond motifs is 1. The second kappa shape index (κ2) is 7.47. The fraction of sp³-hybridized carbons (Fsp3) is 0.500. The molecule has 0 saturated heterocycles. The first-order chi connectivity index (χ1) is 11.3. The van der Waals surface area contributed by atoms with Gasteiger partial charge in [0, 0.05) is 18.7 Å². The van der Waals surface area contributed by atoms with E-state index in [1.807, 2.05) is 19.9 Å². The monoisotopic (exact) mass is 330 g/mol. The Morgan fingerprint density at radius 1 is 1.21 bits per heavy atom. The smallest absolute Gasteiger partial charge is 0.252 e. The van der Waals surface area contributed by atoms with Crippen LogP contribution in [-0.2, 0) is 4.79 Å². The van der Waals surface area contributed by atoms with Crippen molar-refractivity contribution in [3.05, 3.63) is 30.1 Å². The molecule has 1 aromatic carbocycles. The highest BCUT2D eigenvalue weighted by Crippen LogP contribution is 2.19. The molecule has 0 spiro atoms. The summed E-state index contributed by atoms with van der Waals surface area (Å²) in [5, 5.41) is 5.43. The quantitative estimate of drug-likeness (QED) is 0.854. The van der Waals surface area contributed by atoms with E-state index in [9.17, 15) is 9.59 Å². The number of carbonyl (C=O) groups is 2. The molecular formula is C18H26N4O2. The average Bonchev–Trinajstić information content (AvgIpc) is 2.96. The van der Waals surface area contributed by atoms with Crippen molar-refractivity contribution in [2.24, 2.45) is 5.92 Å². The number of hydrogen-bond donors (Lipinski definition) is 2. The van der Waals surface area contributed by atoms with E-state index in [1.165, 1.54) is 0 Å². The van der Waals surface area contributed by atoms with Gasteiger partial charge in [-0.2, -0.15) is 0 Å². The van der Waals surface area contributed by atoms with E-state index in [0.29, 0.717) is 23.9 Å². The molecule has 0 unspecified atom stereocenters. The summed E-state index contributed by atoms with van der Waals surface area (Å²) < 4.78 is 2.06. The summed E-state index contributed by atoms with van der Waals surface area (Å²) in [5.41, 5.74) is 2.28. The van der Waals surface area contributed by atoms with E-state index in [1.54, 1.807) is 25.5 Å². The highest BCUT2D eigenvalue weighted by atomic mass is 16.2. The summed E-state index contributed by atoms with van der Waals surface area (Å²) in [4.78, 5) is 28.8. The number of likely N-dealkylation sites (N-methyl/N-ethyl adjacent to an activating group) is 1. The third-order valence-corrected chi connectivity index (χ3v) is 3.97. The molecule has 2 rings (SSSR count). The lowest BCUT2D eigenvalue weighted by Gasteiger charge is -2.19. The fourth-order valence-electron chi connectivity index (χ4n) is 2.70. The Bertz CT molecular complexity index is 734. The van der Waals surface area contributed by atoms with Crippen LogP contribution < -0.4 is 10.6 Å². The maximum Gasteiger partial charge on any atom is 0.252 e. The highest BCUT2D eigenvalue weighted by Gasteiger charge is 2.21. The van der Waals surface area contributed by atoms with Gasteiger partial charge in [0.1, 0.15) is 6.04 Å². The van der Waals surface area contributed by atoms with Crippen LogP contribution >= 0.6 is 0 Å². The Balaban J connectivity index is 2.22. The van der Waals surface area contributed by atoms with Crippen LogP contribution in [0.5, 0.6) is 0 Å². The minimum Gasteiger partial charge on any atom is -0.357 e. The number of nitrogens with one attached hydrogen (secondary N) is 2. The molecule has 0 fully saturated rings. The van der Waals surface area contributed by atoms with Crippen molar-refractivity contribution >= 4 is 22.8 Å². The third kappa shape index (κ3) is 3.93. The molecule has 0 radical (unpaired) electrons. The van der Waals surface area contributed by atoms with Crippen molar-refractivity contribution in [3.63, 3.8) is 0 Å². The van der Waals surface area contributed by atoms with Gasteiger partial charge in [-0.25, -0.2) is 4.98 Å². The Kier molecular flexibility index (Phi) is 5.59. The summed E-state index contributed by atoms with van der Waals surface area (Å²) in [5.74, 6) is -0.135. The standard InChI is InChI=1S/C18H26N4O2/c1-11(2)8-15(18(24)19-5)21-17(23)13-6-7-16-14(9-13)20-10-22(16)12(3)4/h6-7,9-12,15H,8H2,1-5H3,(H,19,24)(H,21,23)/t15-/m0/s1. The minimum atomic E-state index is -0.536. The number of carbonyl (C=O) groups excluding carboxylic acids is 2. The number of aromatic nitrogens is 2. The summed E-state index contributed by atoms with van der Waals surface area (Å²) >= 11 is 0. The van der Waals surface area contributed by atoms with Gasteiger partial charge in [-0.1, -0.05) is 13.8 Å². The zero-order chi connectivity index (χ0) is 17.9. The molecule has 0 bridgehead atoms. The second-order valence-corrected chi connectivity index (χ2v) is 6.72. The van der Waals surface area contributed by atoms with Crippen LogP contribution in [0.3, 0.4) is 0 Å². The van der Waals surface area contributed by atoms with Crippen LogP contribution in [0.15, 0.2) is 24.5 Å². The molecule has 1 atom stereocenters. The van der Waals surface area contributed by atoms with Crippen LogP contribution in [0.4, 0.5) is 0 Å². The molecule has 2 amide bonds. The molecule has 6 heteroatoms. The van der Waals surface area contributed by atoms with Gasteiger partial charge < -0.3 is 15.2 Å². The second-order valence-electron chi connectivity index (χ2n) is 6.72. The molecule has 0 saturated carbocycles. The van der Waals surface area contributed by atoms with Crippen LogP contribution in [0.25, 0.3) is 11.0 Å². The maximum absolute atomic E-state index is 12.5. The van der Waals surface area contributed by atoms with Crippen LogP contribution in [0.2, 0.25) is 0 Å². The van der Waals surface area contributed by atoms with Crippen molar-refractivity contribution in [2.75, 3.05) is 7.05 Å². The SMILES string of the molecule is CNC(=O)[C@H](CC(C)C)NC(=O)c1ccc2c(c1)ncn2C(C)C. The first-order valence-corrected chi connectivity index (χ1v) is 8.32. The van der Waals surface area contributed by atoms with Gasteiger partial charge in [-0.05, 0) is 44.4 Å². The molecule has 0 aliphatic heterocycles. The first kappa shape index (κ1) is 18.0. The Morgan fingerprint density at radius 2 is 1.92 bits per heavy atom. The van der Waals surface area contributed by atoms with E-state index >= 15 is 0 Å². The molecule has 1 aromatic heterocycles. The summed E-state index contributed by atoms with van der Waals surface area (Å²) in [6.45, 7) is 8.21. The van der Waals surface area contributed by atoms with E-state index in [2.05, 4.69) is 34.0 Å². The number of amides is 2. The predicted molar refractivity (Wildman–Crippen MR) is 94.9 cm³/mol. The molecule has 0 aliphatic carbocycles. The summed E-state index contributed by atoms with van der Waals surface area (Å²) in [6, 6.07) is 5.20. The molecular weight excluding hydrogens is 304 g/mol. The van der Waals surface area contributed by atoms with E-state index in [0.717, 1.165) is 11.0 Å². The van der Waals surface area contributed by atoms with E-state index in [-0.39, 0.29) is 11.8 Å². The Labute approximate surface area is 142 Å². The topological polar surface area (TPSA) is 76.0 Å². The number of nitrogens with zero attached hydrogens (tertiary/aromatic N) is 2. The maximum atomic E-state index is 12.5. The van der Waals surface area contributed by atoms with Crippen LogP contribution in [0.1, 0.15) is 50.5 Å². The molecule has 2 N–H and O–H groups in total. The van der Waals surface area contributed by atoms with Gasteiger partial charge in [-0.3, -0.25) is 9.59 Å². The van der Waals surface area contributed by atoms with Gasteiger partial charge in [0.15, 0.2) is 0 Å². The molecule has 130 valence electrons. The van der Waals surface area contributed by atoms with Crippen molar-refractivity contribution in [1.29, 1.82) is 0 Å². The molecule has 24 heavy (non-hydrogen) atoms. The number of rotatable bonds is 6. The first-order valence-electron chi connectivity index (χ1n) is 8.32. The van der Waals surface area contributed by atoms with Gasteiger partial charge in [0.05, 0.1) is 17.4 Å². The summed E-state index contributed by atoms with van der Waals surface area (Å²) in [6.07, 6.45) is 2.37. The van der Waals surface area contributed by atoms with Gasteiger partial charge in [-0.15, -0.1) is 0 Å². The average molecular weight is 330 g/mol. The van der Waals surface area contributed by atoms with Crippen molar-refractivity contribution in [3.8, 4) is 0 Å². The zero-order valence-corrected chi connectivity index (χ0v) is 15.0. The lowest BCUT2D eigenvalue weighted by molar-refractivity contribution is -0.122. The van der Waals surface area contributed by atoms with Gasteiger partial charge >= 0.3 is 0 Å². The normalized spacial score (nSPS) is 12.6. The van der Waals surface area contributed by atoms with Gasteiger partial charge in [0.25, 0.3) is 5.91 Å². The third-order valence-electron chi connectivity index (χ3n) is 3.97. The number of imidazole rings is 1. The van der Waals surface area contributed by atoms with Crippen molar-refractivity contribution < 1.29 is 9.59 Å². The van der Waals surface area contributed by atoms with E-state index < -0.39 is 6.04 Å². The predicted octanol–water partition coefficient (Wildman–Crippen LogP) is 2.51. The molecule has 1 heterocycles. The number of benzene rings is 1. The Hall–Kier alpha value is -2.37.